The lowest BCUT2D eigenvalue weighted by molar-refractivity contribution is 0.101. The molecular formula is C15H15N5O3. The number of hydrogen-bond acceptors (Lipinski definition) is 6. The molecule has 0 saturated carbocycles. The Hall–Kier alpha value is -3.16. The number of anilines is 1. The summed E-state index contributed by atoms with van der Waals surface area (Å²) in [5.41, 5.74) is 2.29. The summed E-state index contributed by atoms with van der Waals surface area (Å²) in [6.45, 7) is 2.47. The van der Waals surface area contributed by atoms with Crippen molar-refractivity contribution in [3.63, 3.8) is 0 Å². The van der Waals surface area contributed by atoms with Gasteiger partial charge in [-0.3, -0.25) is 4.79 Å². The highest BCUT2D eigenvalue weighted by atomic mass is 16.5. The first-order valence-corrected chi connectivity index (χ1v) is 6.92. The Bertz CT molecular complexity index is 793. The van der Waals surface area contributed by atoms with Crippen LogP contribution in [-0.2, 0) is 6.54 Å². The lowest BCUT2D eigenvalue weighted by Crippen LogP contribution is -2.14. The number of methoxy groups -OCH3 is 1. The molecule has 2 heterocycles. The number of aromatic nitrogens is 4. The molecule has 0 aliphatic heterocycles. The van der Waals surface area contributed by atoms with Crippen LogP contribution in [0, 0.1) is 6.92 Å². The van der Waals surface area contributed by atoms with Crippen LogP contribution in [0.2, 0.25) is 0 Å². The zero-order valence-electron chi connectivity index (χ0n) is 12.7. The number of aryl methyl sites for hydroxylation is 1. The van der Waals surface area contributed by atoms with Crippen molar-refractivity contribution in [2.45, 2.75) is 13.5 Å². The molecule has 1 N–H and O–H groups in total. The number of hydrogen-bond donors (Lipinski definition) is 1. The quantitative estimate of drug-likeness (QED) is 0.773. The standard InChI is InChI=1S/C15H15N5O3/c1-10-3-5-11(6-4-10)9-20-15(22-2)13(17-19-20)14(21)16-12-7-8-23-18-12/h3-8H,9H2,1-2H3,(H,16,18,21). The van der Waals surface area contributed by atoms with Gasteiger partial charge in [0.15, 0.2) is 5.82 Å². The van der Waals surface area contributed by atoms with Crippen LogP contribution in [0.5, 0.6) is 5.88 Å². The third-order valence-corrected chi connectivity index (χ3v) is 3.23. The van der Waals surface area contributed by atoms with Crippen molar-refractivity contribution in [1.82, 2.24) is 20.2 Å². The van der Waals surface area contributed by atoms with Crippen molar-refractivity contribution < 1.29 is 14.1 Å². The predicted octanol–water partition coefficient (Wildman–Crippen LogP) is 1.88. The second-order valence-electron chi connectivity index (χ2n) is 4.93. The minimum Gasteiger partial charge on any atom is -0.479 e. The van der Waals surface area contributed by atoms with E-state index < -0.39 is 5.91 Å². The molecule has 1 amide bonds. The van der Waals surface area contributed by atoms with Gasteiger partial charge in [0.05, 0.1) is 13.7 Å². The molecule has 8 heteroatoms. The van der Waals surface area contributed by atoms with E-state index in [0.717, 1.165) is 5.56 Å². The molecule has 0 spiro atoms. The number of rotatable bonds is 5. The van der Waals surface area contributed by atoms with Gasteiger partial charge in [0.25, 0.3) is 5.91 Å². The van der Waals surface area contributed by atoms with E-state index in [-0.39, 0.29) is 11.6 Å². The van der Waals surface area contributed by atoms with Crippen molar-refractivity contribution in [3.8, 4) is 5.88 Å². The summed E-state index contributed by atoms with van der Waals surface area (Å²) in [6.07, 6.45) is 1.36. The smallest absolute Gasteiger partial charge is 0.283 e. The number of carbonyl (C=O) groups excluding carboxylic acids is 1. The lowest BCUT2D eigenvalue weighted by atomic mass is 10.1. The molecular weight excluding hydrogens is 298 g/mol. The number of carbonyl (C=O) groups is 1. The predicted molar refractivity (Wildman–Crippen MR) is 81.3 cm³/mol. The van der Waals surface area contributed by atoms with Gasteiger partial charge in [-0.1, -0.05) is 40.2 Å². The first kappa shape index (κ1) is 14.8. The first-order chi connectivity index (χ1) is 11.2. The Morgan fingerprint density at radius 1 is 1.30 bits per heavy atom. The summed E-state index contributed by atoms with van der Waals surface area (Å²) < 4.78 is 11.5. The van der Waals surface area contributed by atoms with Gasteiger partial charge < -0.3 is 14.6 Å². The zero-order chi connectivity index (χ0) is 16.2. The van der Waals surface area contributed by atoms with Gasteiger partial charge in [-0.25, -0.2) is 4.68 Å². The molecule has 0 unspecified atom stereocenters. The first-order valence-electron chi connectivity index (χ1n) is 6.92. The van der Waals surface area contributed by atoms with E-state index in [1.54, 1.807) is 0 Å². The molecule has 0 saturated heterocycles. The van der Waals surface area contributed by atoms with Crippen LogP contribution in [0.3, 0.4) is 0 Å². The van der Waals surface area contributed by atoms with E-state index in [0.29, 0.717) is 12.4 Å². The van der Waals surface area contributed by atoms with Crippen molar-refractivity contribution in [3.05, 3.63) is 53.4 Å². The number of nitrogens with one attached hydrogen (secondary N) is 1. The second kappa shape index (κ2) is 6.30. The molecule has 3 rings (SSSR count). The van der Waals surface area contributed by atoms with E-state index >= 15 is 0 Å². The summed E-state index contributed by atoms with van der Waals surface area (Å²) in [5.74, 6) is 0.114. The average Bonchev–Trinajstić information content (AvgIpc) is 3.19. The molecule has 8 nitrogen and oxygen atoms in total. The van der Waals surface area contributed by atoms with Gasteiger partial charge >= 0.3 is 0 Å². The summed E-state index contributed by atoms with van der Waals surface area (Å²) in [7, 11) is 1.47. The fourth-order valence-electron chi connectivity index (χ4n) is 2.07. The molecule has 1 aromatic carbocycles. The van der Waals surface area contributed by atoms with Crippen LogP contribution in [0.1, 0.15) is 21.6 Å². The fourth-order valence-corrected chi connectivity index (χ4v) is 2.07. The van der Waals surface area contributed by atoms with Crippen molar-refractivity contribution in [2.24, 2.45) is 0 Å². The van der Waals surface area contributed by atoms with Crippen LogP contribution in [-0.4, -0.2) is 33.2 Å². The number of benzene rings is 1. The van der Waals surface area contributed by atoms with Crippen LogP contribution >= 0.6 is 0 Å². The Kier molecular flexibility index (Phi) is 4.05. The minimum absolute atomic E-state index is 0.0858. The molecule has 0 atom stereocenters. The van der Waals surface area contributed by atoms with Gasteiger partial charge in [0.2, 0.25) is 11.6 Å². The average molecular weight is 313 g/mol. The van der Waals surface area contributed by atoms with Gasteiger partial charge in [-0.05, 0) is 12.5 Å². The van der Waals surface area contributed by atoms with E-state index in [9.17, 15) is 4.79 Å². The van der Waals surface area contributed by atoms with E-state index in [2.05, 4.69) is 25.3 Å². The number of ether oxygens (including phenoxy) is 1. The monoisotopic (exact) mass is 313 g/mol. The topological polar surface area (TPSA) is 95.1 Å². The summed E-state index contributed by atoms with van der Waals surface area (Å²) in [4.78, 5) is 12.2. The lowest BCUT2D eigenvalue weighted by Gasteiger charge is -2.06. The zero-order valence-corrected chi connectivity index (χ0v) is 12.7. The Morgan fingerprint density at radius 3 is 2.74 bits per heavy atom. The molecule has 118 valence electrons. The van der Waals surface area contributed by atoms with Crippen LogP contribution in [0.4, 0.5) is 5.82 Å². The molecule has 0 radical (unpaired) electrons. The SMILES string of the molecule is COc1c(C(=O)Nc2ccon2)nnn1Cc1ccc(C)cc1. The molecule has 0 fully saturated rings. The van der Waals surface area contributed by atoms with Crippen LogP contribution in [0.25, 0.3) is 0 Å². The summed E-state index contributed by atoms with van der Waals surface area (Å²) in [6, 6.07) is 9.53. The maximum atomic E-state index is 12.2. The maximum Gasteiger partial charge on any atom is 0.283 e. The highest BCUT2D eigenvalue weighted by molar-refractivity contribution is 6.03. The van der Waals surface area contributed by atoms with E-state index in [4.69, 9.17) is 4.74 Å². The van der Waals surface area contributed by atoms with Crippen molar-refractivity contribution in [1.29, 1.82) is 0 Å². The van der Waals surface area contributed by atoms with E-state index in [1.807, 2.05) is 31.2 Å². The molecule has 23 heavy (non-hydrogen) atoms. The van der Waals surface area contributed by atoms with Crippen molar-refractivity contribution in [2.75, 3.05) is 12.4 Å². The Labute approximate surface area is 132 Å². The highest BCUT2D eigenvalue weighted by Gasteiger charge is 2.21. The van der Waals surface area contributed by atoms with Crippen LogP contribution < -0.4 is 10.1 Å². The third-order valence-electron chi connectivity index (χ3n) is 3.23. The molecule has 0 bridgehead atoms. The Balaban J connectivity index is 1.81. The third kappa shape index (κ3) is 3.20. The number of nitrogens with zero attached hydrogens (tertiary/aromatic N) is 4. The van der Waals surface area contributed by atoms with Crippen molar-refractivity contribution >= 4 is 11.7 Å². The Morgan fingerprint density at radius 2 is 2.09 bits per heavy atom. The summed E-state index contributed by atoms with van der Waals surface area (Å²) in [5, 5.41) is 14.1. The van der Waals surface area contributed by atoms with Gasteiger partial charge in [0.1, 0.15) is 6.26 Å². The molecule has 2 aromatic heterocycles. The highest BCUT2D eigenvalue weighted by Crippen LogP contribution is 2.18. The summed E-state index contributed by atoms with van der Waals surface area (Å²) >= 11 is 0. The number of amides is 1. The van der Waals surface area contributed by atoms with Crippen LogP contribution in [0.15, 0.2) is 41.1 Å². The minimum atomic E-state index is -0.467. The second-order valence-corrected chi connectivity index (χ2v) is 4.93. The normalized spacial score (nSPS) is 10.5. The van der Waals surface area contributed by atoms with Gasteiger partial charge in [-0.15, -0.1) is 5.10 Å². The largest absolute Gasteiger partial charge is 0.479 e. The molecule has 3 aromatic rings. The fraction of sp³-hybridized carbons (Fsp3) is 0.200. The molecule has 0 aliphatic carbocycles. The van der Waals surface area contributed by atoms with Gasteiger partial charge in [0, 0.05) is 6.07 Å². The van der Waals surface area contributed by atoms with Gasteiger partial charge in [-0.2, -0.15) is 0 Å². The maximum absolute atomic E-state index is 12.2. The van der Waals surface area contributed by atoms with E-state index in [1.165, 1.54) is 29.7 Å². The molecule has 0 aliphatic rings.